The Morgan fingerprint density at radius 2 is 1.68 bits per heavy atom. The zero-order valence-corrected chi connectivity index (χ0v) is 13.8. The number of carbonyl (C=O) groups is 1. The van der Waals surface area contributed by atoms with Crippen molar-refractivity contribution in [2.45, 2.75) is 39.2 Å². The molecular weight excluding hydrogens is 274 g/mol. The number of nitrogens with one attached hydrogen (secondary N) is 2. The van der Waals surface area contributed by atoms with Gasteiger partial charge in [0.05, 0.1) is 6.04 Å². The number of hydrogen-bond acceptors (Lipinski definition) is 2. The highest BCUT2D eigenvalue weighted by Gasteiger charge is 2.22. The Balaban J connectivity index is 1.94. The number of likely N-dealkylation sites (tertiary alicyclic amines) is 1. The molecule has 1 aliphatic rings. The predicted molar refractivity (Wildman–Crippen MR) is 90.8 cm³/mol. The lowest BCUT2D eigenvalue weighted by atomic mass is 10.0. The van der Waals surface area contributed by atoms with E-state index in [1.54, 1.807) is 0 Å². The van der Waals surface area contributed by atoms with Crippen LogP contribution in [-0.4, -0.2) is 37.1 Å². The molecule has 1 unspecified atom stereocenters. The van der Waals surface area contributed by atoms with Gasteiger partial charge >= 0.3 is 6.03 Å². The minimum atomic E-state index is -0.0633. The van der Waals surface area contributed by atoms with Crippen LogP contribution >= 0.6 is 0 Å². The van der Waals surface area contributed by atoms with Gasteiger partial charge in [0.15, 0.2) is 0 Å². The lowest BCUT2D eigenvalue weighted by Gasteiger charge is -2.35. The summed E-state index contributed by atoms with van der Waals surface area (Å²) in [6.45, 7) is 7.81. The summed E-state index contributed by atoms with van der Waals surface area (Å²) in [5.41, 5.74) is 1.29. The maximum absolute atomic E-state index is 11.9. The third-order valence-corrected chi connectivity index (χ3v) is 4.14. The fourth-order valence-electron chi connectivity index (χ4n) is 2.91. The number of hydrogen-bond donors (Lipinski definition) is 2. The van der Waals surface area contributed by atoms with Crippen LogP contribution < -0.4 is 10.6 Å². The Morgan fingerprint density at radius 3 is 2.32 bits per heavy atom. The molecule has 2 N–H and O–H groups in total. The van der Waals surface area contributed by atoms with Crippen molar-refractivity contribution < 1.29 is 4.79 Å². The molecular formula is C18H29N3O. The van der Waals surface area contributed by atoms with E-state index in [0.29, 0.717) is 19.0 Å². The van der Waals surface area contributed by atoms with Crippen LogP contribution in [0.1, 0.15) is 44.7 Å². The highest BCUT2D eigenvalue weighted by molar-refractivity contribution is 5.73. The number of carbonyl (C=O) groups excluding carboxylic acids is 1. The SMILES string of the molecule is CC(C)CNC(=O)NCC(c1ccccc1)N1CCCCC1. The normalized spacial score (nSPS) is 17.2. The van der Waals surface area contributed by atoms with Crippen LogP contribution in [0.5, 0.6) is 0 Å². The van der Waals surface area contributed by atoms with Crippen LogP contribution in [0.2, 0.25) is 0 Å². The molecule has 1 atom stereocenters. The second-order valence-corrected chi connectivity index (χ2v) is 6.51. The Bertz CT molecular complexity index is 441. The maximum atomic E-state index is 11.9. The Kier molecular flexibility index (Phi) is 6.72. The smallest absolute Gasteiger partial charge is 0.314 e. The van der Waals surface area contributed by atoms with Gasteiger partial charge in [0, 0.05) is 13.1 Å². The first kappa shape index (κ1) is 16.8. The minimum Gasteiger partial charge on any atom is -0.338 e. The van der Waals surface area contributed by atoms with Crippen molar-refractivity contribution >= 4 is 6.03 Å². The van der Waals surface area contributed by atoms with Crippen molar-refractivity contribution in [2.75, 3.05) is 26.2 Å². The highest BCUT2D eigenvalue weighted by Crippen LogP contribution is 2.23. The van der Waals surface area contributed by atoms with Gasteiger partial charge in [-0.3, -0.25) is 4.90 Å². The first-order chi connectivity index (χ1) is 10.7. The summed E-state index contributed by atoms with van der Waals surface area (Å²) in [4.78, 5) is 14.4. The third kappa shape index (κ3) is 5.34. The summed E-state index contributed by atoms with van der Waals surface area (Å²) in [5.74, 6) is 0.470. The lowest BCUT2D eigenvalue weighted by Crippen LogP contribution is -2.44. The summed E-state index contributed by atoms with van der Waals surface area (Å²) in [7, 11) is 0. The number of benzene rings is 1. The molecule has 0 bridgehead atoms. The molecule has 0 radical (unpaired) electrons. The van der Waals surface area contributed by atoms with Crippen LogP contribution in [0.25, 0.3) is 0 Å². The number of urea groups is 1. The van der Waals surface area contributed by atoms with E-state index < -0.39 is 0 Å². The minimum absolute atomic E-state index is 0.0633. The molecule has 4 nitrogen and oxygen atoms in total. The van der Waals surface area contributed by atoms with Gasteiger partial charge in [-0.2, -0.15) is 0 Å². The molecule has 1 aliphatic heterocycles. The molecule has 1 aromatic carbocycles. The summed E-state index contributed by atoms with van der Waals surface area (Å²) >= 11 is 0. The van der Waals surface area contributed by atoms with Crippen LogP contribution in [0.3, 0.4) is 0 Å². The zero-order chi connectivity index (χ0) is 15.8. The highest BCUT2D eigenvalue weighted by atomic mass is 16.2. The molecule has 0 spiro atoms. The van der Waals surface area contributed by atoms with Crippen molar-refractivity contribution in [1.29, 1.82) is 0 Å². The third-order valence-electron chi connectivity index (χ3n) is 4.14. The first-order valence-corrected chi connectivity index (χ1v) is 8.47. The van der Waals surface area contributed by atoms with Crippen LogP contribution in [-0.2, 0) is 0 Å². The van der Waals surface area contributed by atoms with E-state index in [1.165, 1.54) is 24.8 Å². The van der Waals surface area contributed by atoms with E-state index in [0.717, 1.165) is 13.1 Å². The second kappa shape index (κ2) is 8.79. The van der Waals surface area contributed by atoms with Crippen LogP contribution in [0, 0.1) is 5.92 Å². The quantitative estimate of drug-likeness (QED) is 0.848. The average molecular weight is 303 g/mol. The van der Waals surface area contributed by atoms with Crippen molar-refractivity contribution in [2.24, 2.45) is 5.92 Å². The van der Waals surface area contributed by atoms with Crippen LogP contribution in [0.4, 0.5) is 4.79 Å². The molecule has 122 valence electrons. The zero-order valence-electron chi connectivity index (χ0n) is 13.8. The van der Waals surface area contributed by atoms with Crippen molar-refractivity contribution in [3.63, 3.8) is 0 Å². The summed E-state index contributed by atoms with van der Waals surface area (Å²) in [6, 6.07) is 10.7. The number of piperidine rings is 1. The van der Waals surface area contributed by atoms with E-state index in [4.69, 9.17) is 0 Å². The van der Waals surface area contributed by atoms with Gasteiger partial charge in [-0.1, -0.05) is 50.6 Å². The summed E-state index contributed by atoms with van der Waals surface area (Å²) in [6.07, 6.45) is 3.83. The largest absolute Gasteiger partial charge is 0.338 e. The van der Waals surface area contributed by atoms with Gasteiger partial charge in [0.1, 0.15) is 0 Å². The van der Waals surface area contributed by atoms with Gasteiger partial charge in [0.25, 0.3) is 0 Å². The summed E-state index contributed by atoms with van der Waals surface area (Å²) < 4.78 is 0. The number of amides is 2. The van der Waals surface area contributed by atoms with Crippen molar-refractivity contribution in [3.05, 3.63) is 35.9 Å². The Labute approximate surface area is 134 Å². The fourth-order valence-corrected chi connectivity index (χ4v) is 2.91. The van der Waals surface area contributed by atoms with Gasteiger partial charge in [-0.25, -0.2) is 4.79 Å². The molecule has 22 heavy (non-hydrogen) atoms. The molecule has 1 aromatic rings. The second-order valence-electron chi connectivity index (χ2n) is 6.51. The predicted octanol–water partition coefficient (Wildman–Crippen LogP) is 3.17. The van der Waals surface area contributed by atoms with Gasteiger partial charge in [0.2, 0.25) is 0 Å². The molecule has 0 saturated carbocycles. The van der Waals surface area contributed by atoms with E-state index in [-0.39, 0.29) is 12.1 Å². The molecule has 1 heterocycles. The summed E-state index contributed by atoms with van der Waals surface area (Å²) in [5, 5.41) is 5.97. The van der Waals surface area contributed by atoms with Gasteiger partial charge in [-0.15, -0.1) is 0 Å². The van der Waals surface area contributed by atoms with Crippen LogP contribution in [0.15, 0.2) is 30.3 Å². The first-order valence-electron chi connectivity index (χ1n) is 8.47. The average Bonchev–Trinajstić information content (AvgIpc) is 2.55. The van der Waals surface area contributed by atoms with E-state index >= 15 is 0 Å². The van der Waals surface area contributed by atoms with Gasteiger partial charge < -0.3 is 10.6 Å². The standard InChI is InChI=1S/C18H29N3O/c1-15(2)13-19-18(22)20-14-17(16-9-5-3-6-10-16)21-11-7-4-8-12-21/h3,5-6,9-10,15,17H,4,7-8,11-14H2,1-2H3,(H2,19,20,22). The fraction of sp³-hybridized carbons (Fsp3) is 0.611. The molecule has 0 aromatic heterocycles. The Hall–Kier alpha value is -1.55. The molecule has 2 amide bonds. The molecule has 1 fully saturated rings. The number of rotatable bonds is 6. The van der Waals surface area contributed by atoms with E-state index in [9.17, 15) is 4.79 Å². The lowest BCUT2D eigenvalue weighted by molar-refractivity contribution is 0.160. The topological polar surface area (TPSA) is 44.4 Å². The van der Waals surface area contributed by atoms with Crippen molar-refractivity contribution in [3.8, 4) is 0 Å². The maximum Gasteiger partial charge on any atom is 0.314 e. The van der Waals surface area contributed by atoms with Gasteiger partial charge in [-0.05, 0) is 37.4 Å². The molecule has 1 saturated heterocycles. The molecule has 0 aliphatic carbocycles. The van der Waals surface area contributed by atoms with E-state index in [2.05, 4.69) is 53.6 Å². The Morgan fingerprint density at radius 1 is 1.05 bits per heavy atom. The monoisotopic (exact) mass is 303 g/mol. The number of nitrogens with zero attached hydrogens (tertiary/aromatic N) is 1. The molecule has 2 rings (SSSR count). The molecule has 4 heteroatoms. The van der Waals surface area contributed by atoms with E-state index in [1.807, 2.05) is 6.07 Å². The van der Waals surface area contributed by atoms with Crippen molar-refractivity contribution in [1.82, 2.24) is 15.5 Å².